The molecule has 1 unspecified atom stereocenters. The quantitative estimate of drug-likeness (QED) is 0.150. The Kier molecular flexibility index (Phi) is 9.85. The minimum atomic E-state index is -0.613. The molecule has 0 aliphatic heterocycles. The SMILES string of the molecule is CC1(C)c2ccccc2-c2ccc(N(c3ccc4c(c3)-c3ccccc3C4(c3ccccc3)c3ccccc3)c3ccc4c(c3)C3(c5ccccc5-c5ccc(N(c6ccccc6)c6ccccc6)cc53)c3ccccc3-4)cc21. The van der Waals surface area contributed by atoms with E-state index in [9.17, 15) is 0 Å². The van der Waals surface area contributed by atoms with Gasteiger partial charge in [0.2, 0.25) is 0 Å². The number of hydrogen-bond donors (Lipinski definition) is 0. The van der Waals surface area contributed by atoms with Gasteiger partial charge in [0.15, 0.2) is 0 Å². The molecule has 1 spiro atoms. The van der Waals surface area contributed by atoms with Crippen LogP contribution < -0.4 is 9.80 Å². The summed E-state index contributed by atoms with van der Waals surface area (Å²) in [5.74, 6) is 0. The first-order chi connectivity index (χ1) is 39.0. The van der Waals surface area contributed by atoms with Crippen LogP contribution in [0.5, 0.6) is 0 Å². The van der Waals surface area contributed by atoms with E-state index in [1.807, 2.05) is 0 Å². The van der Waals surface area contributed by atoms with Gasteiger partial charge in [-0.15, -0.1) is 0 Å². The second-order valence-corrected chi connectivity index (χ2v) is 22.3. The van der Waals surface area contributed by atoms with Crippen LogP contribution in [-0.2, 0) is 16.2 Å². The van der Waals surface area contributed by atoms with Crippen molar-refractivity contribution in [2.24, 2.45) is 0 Å². The molecule has 0 fully saturated rings. The van der Waals surface area contributed by atoms with Crippen molar-refractivity contribution < 1.29 is 0 Å². The summed E-state index contributed by atoms with van der Waals surface area (Å²) in [6, 6.07) is 109. The molecule has 0 bridgehead atoms. The van der Waals surface area contributed by atoms with Crippen molar-refractivity contribution >= 4 is 34.1 Å². The zero-order valence-electron chi connectivity index (χ0n) is 44.1. The Morgan fingerprint density at radius 1 is 0.203 bits per heavy atom. The van der Waals surface area contributed by atoms with Crippen LogP contribution in [0.15, 0.2) is 291 Å². The monoisotopic (exact) mass is 1010 g/mol. The summed E-state index contributed by atoms with van der Waals surface area (Å²) in [4.78, 5) is 4.95. The Bertz CT molecular complexity index is 4310. The summed E-state index contributed by atoms with van der Waals surface area (Å²) in [5, 5.41) is 0. The van der Waals surface area contributed by atoms with Gasteiger partial charge in [-0.2, -0.15) is 0 Å². The van der Waals surface area contributed by atoms with Gasteiger partial charge < -0.3 is 9.80 Å². The predicted octanol–water partition coefficient (Wildman–Crippen LogP) is 19.6. The number of nitrogens with zero attached hydrogens (tertiary/aromatic N) is 2. The van der Waals surface area contributed by atoms with Crippen molar-refractivity contribution in [2.75, 3.05) is 9.80 Å². The fraction of sp³-hybridized carbons (Fsp3) is 0.0649. The Morgan fingerprint density at radius 3 is 0.987 bits per heavy atom. The number of rotatable bonds is 8. The van der Waals surface area contributed by atoms with Gasteiger partial charge in [-0.3, -0.25) is 0 Å². The third kappa shape index (κ3) is 6.29. The number of anilines is 6. The zero-order valence-corrected chi connectivity index (χ0v) is 44.1. The summed E-state index contributed by atoms with van der Waals surface area (Å²) in [6.45, 7) is 4.78. The molecule has 0 saturated carbocycles. The van der Waals surface area contributed by atoms with Gasteiger partial charge in [0.25, 0.3) is 0 Å². The molecular formula is C77H54N2. The van der Waals surface area contributed by atoms with E-state index >= 15 is 0 Å². The van der Waals surface area contributed by atoms with Crippen LogP contribution in [0.3, 0.4) is 0 Å². The molecule has 0 heterocycles. The largest absolute Gasteiger partial charge is 0.310 e. The average Bonchev–Trinajstić information content (AvgIpc) is 3.97. The van der Waals surface area contributed by atoms with Gasteiger partial charge in [0, 0.05) is 39.5 Å². The van der Waals surface area contributed by atoms with Crippen LogP contribution in [-0.4, -0.2) is 0 Å². The molecule has 79 heavy (non-hydrogen) atoms. The Hall–Kier alpha value is -9.76. The molecule has 2 heteroatoms. The molecule has 2 nitrogen and oxygen atoms in total. The first kappa shape index (κ1) is 45.4. The van der Waals surface area contributed by atoms with Crippen LogP contribution >= 0.6 is 0 Å². The van der Waals surface area contributed by atoms with E-state index in [1.165, 1.54) is 100 Å². The van der Waals surface area contributed by atoms with Crippen molar-refractivity contribution in [3.63, 3.8) is 0 Å². The second-order valence-electron chi connectivity index (χ2n) is 22.3. The molecular weight excluding hydrogens is 953 g/mol. The van der Waals surface area contributed by atoms with Crippen LogP contribution in [0.4, 0.5) is 34.1 Å². The van der Waals surface area contributed by atoms with Crippen molar-refractivity contribution in [2.45, 2.75) is 30.1 Å². The van der Waals surface area contributed by atoms with Gasteiger partial charge in [-0.05, 0) is 173 Å². The van der Waals surface area contributed by atoms with E-state index in [0.29, 0.717) is 0 Å². The maximum absolute atomic E-state index is 2.55. The maximum Gasteiger partial charge on any atom is 0.0727 e. The first-order valence-corrected chi connectivity index (χ1v) is 27.7. The molecule has 4 aliphatic carbocycles. The molecule has 0 N–H and O–H groups in total. The number of benzene rings is 12. The lowest BCUT2D eigenvalue weighted by Crippen LogP contribution is -2.28. The van der Waals surface area contributed by atoms with Crippen LogP contribution in [0.25, 0.3) is 44.5 Å². The first-order valence-electron chi connectivity index (χ1n) is 27.7. The van der Waals surface area contributed by atoms with E-state index in [2.05, 4.69) is 315 Å². The van der Waals surface area contributed by atoms with Gasteiger partial charge in [0.1, 0.15) is 0 Å². The van der Waals surface area contributed by atoms with E-state index in [1.54, 1.807) is 0 Å². The molecule has 12 aromatic carbocycles. The molecule has 0 amide bonds. The van der Waals surface area contributed by atoms with Gasteiger partial charge in [-0.25, -0.2) is 0 Å². The summed E-state index contributed by atoms with van der Waals surface area (Å²) in [6.07, 6.45) is 0. The van der Waals surface area contributed by atoms with Crippen molar-refractivity contribution in [3.05, 3.63) is 347 Å². The number of hydrogen-bond acceptors (Lipinski definition) is 2. The minimum absolute atomic E-state index is 0.193. The third-order valence-electron chi connectivity index (χ3n) is 18.1. The smallest absolute Gasteiger partial charge is 0.0727 e. The van der Waals surface area contributed by atoms with Crippen molar-refractivity contribution in [3.8, 4) is 44.5 Å². The topological polar surface area (TPSA) is 6.48 Å². The molecule has 16 rings (SSSR count). The highest BCUT2D eigenvalue weighted by molar-refractivity contribution is 5.99. The summed E-state index contributed by atoms with van der Waals surface area (Å²) >= 11 is 0. The van der Waals surface area contributed by atoms with Gasteiger partial charge in [-0.1, -0.05) is 232 Å². The number of fused-ring (bicyclic) bond motifs is 16. The maximum atomic E-state index is 2.55. The van der Waals surface area contributed by atoms with Gasteiger partial charge >= 0.3 is 0 Å². The molecule has 0 aromatic heterocycles. The lowest BCUT2D eigenvalue weighted by atomic mass is 9.68. The molecule has 12 aromatic rings. The second kappa shape index (κ2) is 17.1. The lowest BCUT2D eigenvalue weighted by Gasteiger charge is -2.34. The Morgan fingerprint density at radius 2 is 0.506 bits per heavy atom. The molecule has 1 atom stereocenters. The molecule has 372 valence electrons. The summed E-state index contributed by atoms with van der Waals surface area (Å²) in [7, 11) is 0. The highest BCUT2D eigenvalue weighted by Gasteiger charge is 2.52. The number of para-hydroxylation sites is 2. The van der Waals surface area contributed by atoms with Crippen molar-refractivity contribution in [1.82, 2.24) is 0 Å². The van der Waals surface area contributed by atoms with Crippen LogP contribution in [0, 0.1) is 0 Å². The van der Waals surface area contributed by atoms with Crippen molar-refractivity contribution in [1.29, 1.82) is 0 Å². The van der Waals surface area contributed by atoms with E-state index < -0.39 is 10.8 Å². The molecule has 0 saturated heterocycles. The molecule has 0 radical (unpaired) electrons. The highest BCUT2D eigenvalue weighted by atomic mass is 15.1. The van der Waals surface area contributed by atoms with E-state index in [0.717, 1.165) is 34.1 Å². The fourth-order valence-corrected chi connectivity index (χ4v) is 14.8. The lowest BCUT2D eigenvalue weighted by molar-refractivity contribution is 0.660. The average molecular weight is 1010 g/mol. The predicted molar refractivity (Wildman–Crippen MR) is 327 cm³/mol. The zero-order chi connectivity index (χ0) is 52.5. The molecule has 4 aliphatic rings. The standard InChI is InChI=1S/C77H54N2/c1-75(2)67-35-19-15-31-59(67)63-43-39-56(48-72(63)75)79(55-42-46-71-66(47-55)62-34-18-20-36-68(62)76(71,51-23-7-3-8-24-51)52-25-9-4-10-26-52)58-41-45-65-61-33-17-22-38-70(61)77(74(65)50-58)69-37-21-16-32-60(69)64-44-40-57(49-73(64)77)78(53-27-11-5-12-28-53)54-29-13-6-14-30-54/h3-50H,1-2H3. The highest BCUT2D eigenvalue weighted by Crippen LogP contribution is 2.65. The normalized spacial score (nSPS) is 15.7. The van der Waals surface area contributed by atoms with E-state index in [-0.39, 0.29) is 5.41 Å². The van der Waals surface area contributed by atoms with Crippen LogP contribution in [0.2, 0.25) is 0 Å². The minimum Gasteiger partial charge on any atom is -0.310 e. The Labute approximate surface area is 462 Å². The van der Waals surface area contributed by atoms with E-state index in [4.69, 9.17) is 0 Å². The third-order valence-corrected chi connectivity index (χ3v) is 18.1. The summed E-state index contributed by atoms with van der Waals surface area (Å²) < 4.78 is 0. The van der Waals surface area contributed by atoms with Crippen LogP contribution in [0.1, 0.15) is 69.5 Å². The fourth-order valence-electron chi connectivity index (χ4n) is 14.8. The van der Waals surface area contributed by atoms with Gasteiger partial charge in [0.05, 0.1) is 10.8 Å². The summed E-state index contributed by atoms with van der Waals surface area (Å²) in [5.41, 5.74) is 28.6. The Balaban J connectivity index is 0.951.